The van der Waals surface area contributed by atoms with Crippen molar-refractivity contribution < 1.29 is 9.53 Å². The summed E-state index contributed by atoms with van der Waals surface area (Å²) < 4.78 is 5.22. The number of benzene rings is 2. The van der Waals surface area contributed by atoms with Crippen LogP contribution in [0.15, 0.2) is 60.7 Å². The van der Waals surface area contributed by atoms with Crippen LogP contribution in [0.1, 0.15) is 30.0 Å². The summed E-state index contributed by atoms with van der Waals surface area (Å²) in [7, 11) is 0. The molecule has 0 amide bonds. The average molecular weight is 269 g/mol. The first kappa shape index (κ1) is 14.3. The molecule has 0 bridgehead atoms. The highest BCUT2D eigenvalue weighted by molar-refractivity contribution is 5.69. The second kappa shape index (κ2) is 7.46. The zero-order valence-corrected chi connectivity index (χ0v) is 11.4. The maximum absolute atomic E-state index is 11.7. The molecule has 104 valence electrons. The van der Waals surface area contributed by atoms with Crippen LogP contribution in [0.2, 0.25) is 0 Å². The van der Waals surface area contributed by atoms with Gasteiger partial charge >= 0.3 is 5.97 Å². The number of ether oxygens (including phenoxy) is 1. The summed E-state index contributed by atoms with van der Waals surface area (Å²) >= 11 is 0. The molecular formula is C17H19NO2. The minimum atomic E-state index is -0.208. The Kier molecular flexibility index (Phi) is 5.33. The maximum atomic E-state index is 11.7. The lowest BCUT2D eigenvalue weighted by Gasteiger charge is -2.11. The average Bonchev–Trinajstić information content (AvgIpc) is 2.52. The lowest BCUT2D eigenvalue weighted by molar-refractivity contribution is -0.145. The van der Waals surface area contributed by atoms with Crippen LogP contribution in [-0.2, 0) is 16.1 Å². The lowest BCUT2D eigenvalue weighted by atomic mass is 10.0. The fraction of sp³-hybridized carbons (Fsp3) is 0.235. The first-order valence-corrected chi connectivity index (χ1v) is 6.76. The van der Waals surface area contributed by atoms with Crippen molar-refractivity contribution >= 4 is 5.97 Å². The van der Waals surface area contributed by atoms with E-state index in [1.807, 2.05) is 60.7 Å². The Morgan fingerprint density at radius 1 is 1.00 bits per heavy atom. The maximum Gasteiger partial charge on any atom is 0.306 e. The molecule has 1 atom stereocenters. The van der Waals surface area contributed by atoms with Crippen molar-refractivity contribution in [2.45, 2.75) is 25.5 Å². The first-order chi connectivity index (χ1) is 9.75. The van der Waals surface area contributed by atoms with Gasteiger partial charge < -0.3 is 10.5 Å². The molecule has 0 fully saturated rings. The quantitative estimate of drug-likeness (QED) is 0.819. The zero-order chi connectivity index (χ0) is 14.2. The molecule has 2 aromatic rings. The van der Waals surface area contributed by atoms with Crippen molar-refractivity contribution in [2.75, 3.05) is 0 Å². The van der Waals surface area contributed by atoms with Crippen LogP contribution in [0, 0.1) is 0 Å². The molecule has 3 heteroatoms. The topological polar surface area (TPSA) is 52.3 Å². The van der Waals surface area contributed by atoms with Crippen LogP contribution in [-0.4, -0.2) is 5.97 Å². The Bertz CT molecular complexity index is 525. The molecule has 3 nitrogen and oxygen atoms in total. The molecule has 0 heterocycles. The minimum absolute atomic E-state index is 0.125. The molecule has 2 N–H and O–H groups in total. The van der Waals surface area contributed by atoms with E-state index in [1.54, 1.807) is 0 Å². The van der Waals surface area contributed by atoms with Gasteiger partial charge in [0.25, 0.3) is 0 Å². The van der Waals surface area contributed by atoms with Crippen LogP contribution in [0.5, 0.6) is 0 Å². The fourth-order valence-corrected chi connectivity index (χ4v) is 1.95. The summed E-state index contributed by atoms with van der Waals surface area (Å²) in [4.78, 5) is 11.7. The Hall–Kier alpha value is -2.13. The summed E-state index contributed by atoms with van der Waals surface area (Å²) in [6, 6.07) is 19.3. The number of hydrogen-bond donors (Lipinski definition) is 1. The number of hydrogen-bond acceptors (Lipinski definition) is 3. The number of carbonyl (C=O) groups is 1. The third-order valence-corrected chi connectivity index (χ3v) is 3.13. The van der Waals surface area contributed by atoms with Gasteiger partial charge in [0.05, 0.1) is 0 Å². The van der Waals surface area contributed by atoms with Crippen LogP contribution in [0.3, 0.4) is 0 Å². The van der Waals surface area contributed by atoms with Gasteiger partial charge in [0.1, 0.15) is 6.61 Å². The molecule has 20 heavy (non-hydrogen) atoms. The molecule has 1 unspecified atom stereocenters. The molecule has 0 saturated heterocycles. The standard InChI is InChI=1S/C17H19NO2/c18-16(15-9-5-2-6-10-15)11-12-17(19)20-13-14-7-3-1-4-8-14/h1-10,16H,11-13,18H2. The Morgan fingerprint density at radius 2 is 1.60 bits per heavy atom. The summed E-state index contributed by atoms with van der Waals surface area (Å²) in [6.45, 7) is 0.320. The SMILES string of the molecule is NC(CCC(=O)OCc1ccccc1)c1ccccc1. The molecule has 0 spiro atoms. The van der Waals surface area contributed by atoms with Crippen LogP contribution >= 0.6 is 0 Å². The molecule has 0 saturated carbocycles. The van der Waals surface area contributed by atoms with E-state index in [1.165, 1.54) is 0 Å². The van der Waals surface area contributed by atoms with Crippen LogP contribution in [0.25, 0.3) is 0 Å². The van der Waals surface area contributed by atoms with Gasteiger partial charge in [-0.05, 0) is 17.5 Å². The van der Waals surface area contributed by atoms with Gasteiger partial charge in [-0.25, -0.2) is 0 Å². The lowest BCUT2D eigenvalue weighted by Crippen LogP contribution is -2.13. The molecule has 2 aromatic carbocycles. The second-order valence-electron chi connectivity index (χ2n) is 4.70. The normalized spacial score (nSPS) is 11.8. The highest BCUT2D eigenvalue weighted by Gasteiger charge is 2.09. The number of nitrogens with two attached hydrogens (primary N) is 1. The number of carbonyl (C=O) groups excluding carboxylic acids is 1. The largest absolute Gasteiger partial charge is 0.461 e. The first-order valence-electron chi connectivity index (χ1n) is 6.76. The second-order valence-corrected chi connectivity index (χ2v) is 4.70. The van der Waals surface area contributed by atoms with E-state index in [-0.39, 0.29) is 12.0 Å². The minimum Gasteiger partial charge on any atom is -0.461 e. The molecular weight excluding hydrogens is 250 g/mol. The predicted octanol–water partition coefficient (Wildman–Crippen LogP) is 3.21. The van der Waals surface area contributed by atoms with E-state index in [0.29, 0.717) is 19.4 Å². The molecule has 0 radical (unpaired) electrons. The summed E-state index contributed by atoms with van der Waals surface area (Å²) in [5.41, 5.74) is 8.08. The van der Waals surface area contributed by atoms with Crippen molar-refractivity contribution in [2.24, 2.45) is 5.73 Å². The van der Waals surface area contributed by atoms with E-state index >= 15 is 0 Å². The van der Waals surface area contributed by atoms with Crippen LogP contribution in [0.4, 0.5) is 0 Å². The molecule has 0 aromatic heterocycles. The van der Waals surface area contributed by atoms with Crippen molar-refractivity contribution in [1.82, 2.24) is 0 Å². The van der Waals surface area contributed by atoms with Crippen molar-refractivity contribution in [1.29, 1.82) is 0 Å². The predicted molar refractivity (Wildman–Crippen MR) is 78.8 cm³/mol. The highest BCUT2D eigenvalue weighted by Crippen LogP contribution is 2.15. The van der Waals surface area contributed by atoms with Gasteiger partial charge in [-0.2, -0.15) is 0 Å². The summed E-state index contributed by atoms with van der Waals surface area (Å²) in [5.74, 6) is -0.208. The molecule has 0 aliphatic rings. The molecule has 0 aliphatic carbocycles. The van der Waals surface area contributed by atoms with Gasteiger partial charge in [-0.15, -0.1) is 0 Å². The van der Waals surface area contributed by atoms with Gasteiger partial charge in [0.15, 0.2) is 0 Å². The number of esters is 1. The highest BCUT2D eigenvalue weighted by atomic mass is 16.5. The molecule has 2 rings (SSSR count). The fourth-order valence-electron chi connectivity index (χ4n) is 1.95. The van der Waals surface area contributed by atoms with Crippen molar-refractivity contribution in [3.05, 3.63) is 71.8 Å². The Labute approximate surface area is 119 Å². The van der Waals surface area contributed by atoms with E-state index in [2.05, 4.69) is 0 Å². The third-order valence-electron chi connectivity index (χ3n) is 3.13. The van der Waals surface area contributed by atoms with Gasteiger partial charge in [-0.3, -0.25) is 4.79 Å². The van der Waals surface area contributed by atoms with E-state index in [9.17, 15) is 4.79 Å². The number of rotatable bonds is 6. The van der Waals surface area contributed by atoms with Gasteiger partial charge in [-0.1, -0.05) is 60.7 Å². The van der Waals surface area contributed by atoms with Crippen molar-refractivity contribution in [3.63, 3.8) is 0 Å². The van der Waals surface area contributed by atoms with E-state index < -0.39 is 0 Å². The van der Waals surface area contributed by atoms with Gasteiger partial charge in [0.2, 0.25) is 0 Å². The van der Waals surface area contributed by atoms with Gasteiger partial charge in [0, 0.05) is 12.5 Å². The van der Waals surface area contributed by atoms with Crippen molar-refractivity contribution in [3.8, 4) is 0 Å². The molecule has 0 aliphatic heterocycles. The van der Waals surface area contributed by atoms with E-state index in [4.69, 9.17) is 10.5 Å². The van der Waals surface area contributed by atoms with E-state index in [0.717, 1.165) is 11.1 Å². The summed E-state index contributed by atoms with van der Waals surface area (Å²) in [6.07, 6.45) is 0.931. The Balaban J connectivity index is 1.73. The monoisotopic (exact) mass is 269 g/mol. The van der Waals surface area contributed by atoms with Crippen LogP contribution < -0.4 is 5.73 Å². The third kappa shape index (κ3) is 4.52. The Morgan fingerprint density at radius 3 is 2.25 bits per heavy atom. The smallest absolute Gasteiger partial charge is 0.306 e. The summed E-state index contributed by atoms with van der Waals surface area (Å²) in [5, 5.41) is 0. The zero-order valence-electron chi connectivity index (χ0n) is 11.4.